The molecule has 14 rings (SSSR count). The minimum atomic E-state index is -0.968. The van der Waals surface area contributed by atoms with Crippen LogP contribution in [-0.4, -0.2) is 88.2 Å². The minimum absolute atomic E-state index is 0.0129. The molecule has 10 fully saturated rings. The van der Waals surface area contributed by atoms with Crippen LogP contribution in [0.3, 0.4) is 0 Å². The molecule has 0 radical (unpaired) electrons. The topological polar surface area (TPSA) is 174 Å². The van der Waals surface area contributed by atoms with Crippen molar-refractivity contribution in [1.29, 1.82) is 5.26 Å². The molecule has 4 aromatic rings. The standard InChI is InChI=1S/C25H29N3O2.C25H30N2O4/c1-14(7-22(29)28-17-8-15-9-18(28)12-25(30,10-15)11-17)23-21(13-26)27-20-4-2-3-19(24(20)23)16-5-6-16;1-13(7-20(28)27-16-8-14-9-17(27)12-25(31,10-14)11-16)21-22-18(15-5-6-15)3-2-4-19(22)26-23(21)24(29)30/h2-4,14-18,27,30H,5-12H2,1H3;2-4,13-17,26,31H,5-12H2,1H3,(H,29,30). The summed E-state index contributed by atoms with van der Waals surface area (Å²) in [6.07, 6.45) is 14.2. The highest BCUT2D eigenvalue weighted by Gasteiger charge is 2.56. The largest absolute Gasteiger partial charge is 0.477 e. The quantitative estimate of drug-likeness (QED) is 0.113. The van der Waals surface area contributed by atoms with E-state index in [1.54, 1.807) is 0 Å². The van der Waals surface area contributed by atoms with Gasteiger partial charge in [-0.05, 0) is 160 Å². The third kappa shape index (κ3) is 6.70. The van der Waals surface area contributed by atoms with Crippen molar-refractivity contribution in [1.82, 2.24) is 19.8 Å². The van der Waals surface area contributed by atoms with Crippen LogP contribution in [0.4, 0.5) is 0 Å². The number of H-pyrrole nitrogens is 2. The summed E-state index contributed by atoms with van der Waals surface area (Å²) in [5, 5.41) is 43.5. The van der Waals surface area contributed by atoms with Crippen molar-refractivity contribution in [2.45, 2.75) is 176 Å². The maximum atomic E-state index is 13.5. The number of nitrogens with zero attached hydrogens (tertiary/aromatic N) is 3. The number of carbonyl (C=O) groups is 3. The number of nitriles is 1. The molecule has 320 valence electrons. The predicted molar refractivity (Wildman–Crippen MR) is 230 cm³/mol. The van der Waals surface area contributed by atoms with Crippen LogP contribution in [0.2, 0.25) is 0 Å². The Morgan fingerprint density at radius 3 is 1.52 bits per heavy atom. The third-order valence-corrected chi connectivity index (χ3v) is 16.5. The van der Waals surface area contributed by atoms with Crippen LogP contribution in [0.1, 0.15) is 179 Å². The van der Waals surface area contributed by atoms with Gasteiger partial charge in [0.05, 0.1) is 11.2 Å². The number of aliphatic hydroxyl groups is 2. The van der Waals surface area contributed by atoms with Gasteiger partial charge in [0.25, 0.3) is 0 Å². The van der Waals surface area contributed by atoms with E-state index in [0.717, 1.165) is 91.8 Å². The molecule has 4 aliphatic heterocycles. The van der Waals surface area contributed by atoms with Crippen molar-refractivity contribution in [3.63, 3.8) is 0 Å². The number of carboxylic acids is 1. The van der Waals surface area contributed by atoms with Crippen molar-refractivity contribution >= 4 is 39.6 Å². The molecule has 10 aliphatic rings. The second-order valence-corrected chi connectivity index (χ2v) is 21.1. The number of carboxylic acid groups (broad SMARTS) is 1. The Balaban J connectivity index is 0.000000138. The van der Waals surface area contributed by atoms with Crippen molar-refractivity contribution in [3.05, 3.63) is 70.0 Å². The van der Waals surface area contributed by atoms with E-state index < -0.39 is 17.2 Å². The van der Waals surface area contributed by atoms with E-state index in [4.69, 9.17) is 0 Å². The van der Waals surface area contributed by atoms with Crippen LogP contribution in [0.15, 0.2) is 36.4 Å². The Labute approximate surface area is 356 Å². The van der Waals surface area contributed by atoms with E-state index in [9.17, 15) is 35.0 Å². The number of hydrogen-bond donors (Lipinski definition) is 5. The lowest BCUT2D eigenvalue weighted by Crippen LogP contribution is -2.65. The first-order valence-corrected chi connectivity index (χ1v) is 23.3. The van der Waals surface area contributed by atoms with Crippen LogP contribution in [-0.2, 0) is 9.59 Å². The molecule has 6 aliphatic carbocycles. The van der Waals surface area contributed by atoms with Crippen molar-refractivity contribution < 1.29 is 29.7 Å². The zero-order chi connectivity index (χ0) is 42.1. The van der Waals surface area contributed by atoms with Crippen LogP contribution in [0, 0.1) is 23.2 Å². The maximum absolute atomic E-state index is 13.5. The van der Waals surface area contributed by atoms with E-state index in [1.807, 2.05) is 25.1 Å². The van der Waals surface area contributed by atoms with Gasteiger partial charge in [0, 0.05) is 58.8 Å². The monoisotopic (exact) mass is 825 g/mol. The molecule has 2 aromatic carbocycles. The summed E-state index contributed by atoms with van der Waals surface area (Å²) < 4.78 is 0. The number of carbonyl (C=O) groups excluding carboxylic acids is 2. The van der Waals surface area contributed by atoms with Crippen molar-refractivity contribution in [2.75, 3.05) is 0 Å². The Morgan fingerprint density at radius 1 is 0.689 bits per heavy atom. The van der Waals surface area contributed by atoms with E-state index in [-0.39, 0.29) is 53.5 Å². The van der Waals surface area contributed by atoms with Crippen molar-refractivity contribution in [2.24, 2.45) is 11.8 Å². The zero-order valence-electron chi connectivity index (χ0n) is 35.5. The lowest BCUT2D eigenvalue weighted by atomic mass is 9.61. The van der Waals surface area contributed by atoms with E-state index in [0.29, 0.717) is 55.0 Å². The van der Waals surface area contributed by atoms with Crippen molar-refractivity contribution in [3.8, 4) is 6.07 Å². The fourth-order valence-electron chi connectivity index (χ4n) is 14.2. The lowest BCUT2D eigenvalue weighted by molar-refractivity contribution is -0.176. The Bertz CT molecular complexity index is 2470. The number of amides is 2. The van der Waals surface area contributed by atoms with Gasteiger partial charge in [0.15, 0.2) is 0 Å². The Morgan fingerprint density at radius 2 is 1.11 bits per heavy atom. The van der Waals surface area contributed by atoms with E-state index >= 15 is 0 Å². The molecule has 61 heavy (non-hydrogen) atoms. The second-order valence-electron chi connectivity index (χ2n) is 21.1. The highest BCUT2D eigenvalue weighted by Crippen LogP contribution is 2.54. The summed E-state index contributed by atoms with van der Waals surface area (Å²) >= 11 is 0. The van der Waals surface area contributed by atoms with Crippen LogP contribution >= 0.6 is 0 Å². The summed E-state index contributed by atoms with van der Waals surface area (Å²) in [5.74, 6) is 1.34. The number of hydrogen-bond acceptors (Lipinski definition) is 6. The molecule has 11 heteroatoms. The van der Waals surface area contributed by atoms with Gasteiger partial charge in [0.1, 0.15) is 17.5 Å². The van der Waals surface area contributed by atoms with Gasteiger partial charge in [-0.25, -0.2) is 4.79 Å². The molecular weight excluding hydrogens is 767 g/mol. The average molecular weight is 826 g/mol. The fraction of sp³-hybridized carbons (Fsp3) is 0.600. The number of aromatic nitrogens is 2. The highest BCUT2D eigenvalue weighted by atomic mass is 16.4. The number of piperidine rings is 4. The molecule has 2 amide bonds. The van der Waals surface area contributed by atoms with Gasteiger partial charge in [0.2, 0.25) is 11.8 Å². The number of fused-ring (bicyclic) bond motifs is 2. The molecule has 8 bridgehead atoms. The number of nitrogens with one attached hydrogen (secondary N) is 2. The number of aromatic amines is 2. The smallest absolute Gasteiger partial charge is 0.352 e. The summed E-state index contributed by atoms with van der Waals surface area (Å²) in [4.78, 5) is 49.6. The summed E-state index contributed by atoms with van der Waals surface area (Å²) in [6, 6.07) is 15.4. The SMILES string of the molecule is CC(CC(=O)N1C2CC3CC1CC(O)(C3)C2)c1c(C#N)[nH]c2cccc(C3CC3)c12.CC(CC(=O)N1C2CC3CC1CC(O)(C3)C2)c1c(C(=O)O)[nH]c2cccc(C3CC3)c12. The minimum Gasteiger partial charge on any atom is -0.477 e. The van der Waals surface area contributed by atoms with Crippen LogP contribution in [0.25, 0.3) is 21.8 Å². The van der Waals surface area contributed by atoms with Gasteiger partial charge < -0.3 is 35.1 Å². The zero-order valence-corrected chi connectivity index (χ0v) is 35.5. The molecule has 4 saturated heterocycles. The summed E-state index contributed by atoms with van der Waals surface area (Å²) in [7, 11) is 0. The first-order chi connectivity index (χ1) is 29.3. The van der Waals surface area contributed by atoms with E-state index in [1.165, 1.54) is 29.4 Å². The number of benzene rings is 2. The van der Waals surface area contributed by atoms with Gasteiger partial charge in [-0.1, -0.05) is 38.1 Å². The summed E-state index contributed by atoms with van der Waals surface area (Å²) in [6.45, 7) is 4.08. The molecule has 5 N–H and O–H groups in total. The van der Waals surface area contributed by atoms with Gasteiger partial charge in [-0.2, -0.15) is 5.26 Å². The van der Waals surface area contributed by atoms with Crippen LogP contribution in [0.5, 0.6) is 0 Å². The molecule has 6 heterocycles. The molecule has 6 atom stereocenters. The Hall–Kier alpha value is -4.66. The normalized spacial score (nSPS) is 32.8. The van der Waals surface area contributed by atoms with Gasteiger partial charge >= 0.3 is 5.97 Å². The average Bonchev–Trinajstić information content (AvgIpc) is 4.13. The maximum Gasteiger partial charge on any atom is 0.352 e. The molecule has 11 nitrogen and oxygen atoms in total. The third-order valence-electron chi connectivity index (χ3n) is 16.5. The first-order valence-electron chi connectivity index (χ1n) is 23.3. The molecule has 6 unspecified atom stereocenters. The highest BCUT2D eigenvalue weighted by molar-refractivity contribution is 6.00. The fourth-order valence-corrected chi connectivity index (χ4v) is 14.2. The molecule has 6 saturated carbocycles. The molecule has 0 spiro atoms. The summed E-state index contributed by atoms with van der Waals surface area (Å²) in [5.41, 5.74) is 5.92. The first kappa shape index (κ1) is 39.2. The molecular formula is C50H59N5O6. The van der Waals surface area contributed by atoms with E-state index in [2.05, 4.69) is 51.0 Å². The van der Waals surface area contributed by atoms with Gasteiger partial charge in [-0.3, -0.25) is 9.59 Å². The number of rotatable bonds is 9. The molecule has 2 aromatic heterocycles. The predicted octanol–water partition coefficient (Wildman–Crippen LogP) is 8.46. The number of aromatic carboxylic acids is 1. The van der Waals surface area contributed by atoms with Crippen LogP contribution < -0.4 is 0 Å². The Kier molecular flexibility index (Phi) is 9.12. The lowest BCUT2D eigenvalue weighted by Gasteiger charge is -2.59. The van der Waals surface area contributed by atoms with Gasteiger partial charge in [-0.15, -0.1) is 0 Å². The second kappa shape index (κ2) is 14.2.